The Labute approximate surface area is 145 Å². The van der Waals surface area contributed by atoms with Crippen molar-refractivity contribution in [3.05, 3.63) is 47.5 Å². The van der Waals surface area contributed by atoms with Crippen molar-refractivity contribution in [2.45, 2.75) is 0 Å². The first-order chi connectivity index (χ1) is 11.6. The summed E-state index contributed by atoms with van der Waals surface area (Å²) in [6.45, 7) is 0.686. The van der Waals surface area contributed by atoms with Crippen LogP contribution < -0.4 is 24.8 Å². The molecule has 0 saturated carbocycles. The molecule has 2 N–H and O–H groups in total. The van der Waals surface area contributed by atoms with Crippen LogP contribution in [0.4, 0.5) is 10.5 Å². The van der Waals surface area contributed by atoms with Crippen molar-refractivity contribution in [1.29, 1.82) is 0 Å². The third-order valence-corrected chi connectivity index (χ3v) is 3.38. The maximum Gasteiger partial charge on any atom is 0.319 e. The van der Waals surface area contributed by atoms with E-state index in [0.29, 0.717) is 41.1 Å². The zero-order valence-electron chi connectivity index (χ0n) is 13.5. The normalized spacial score (nSPS) is 9.96. The highest BCUT2D eigenvalue weighted by atomic mass is 35.5. The maximum atomic E-state index is 11.9. The van der Waals surface area contributed by atoms with Crippen molar-refractivity contribution in [3.8, 4) is 17.2 Å². The molecule has 6 nitrogen and oxygen atoms in total. The second kappa shape index (κ2) is 8.88. The molecule has 0 fully saturated rings. The number of halogens is 1. The van der Waals surface area contributed by atoms with E-state index in [9.17, 15) is 4.79 Å². The number of carbonyl (C=O) groups excluding carboxylic acids is 1. The van der Waals surface area contributed by atoms with Gasteiger partial charge in [-0.25, -0.2) is 4.79 Å². The van der Waals surface area contributed by atoms with E-state index >= 15 is 0 Å². The van der Waals surface area contributed by atoms with Gasteiger partial charge in [0.1, 0.15) is 23.9 Å². The monoisotopic (exact) mass is 350 g/mol. The van der Waals surface area contributed by atoms with Crippen LogP contribution in [0.1, 0.15) is 0 Å². The molecule has 0 unspecified atom stereocenters. The van der Waals surface area contributed by atoms with Gasteiger partial charge in [-0.2, -0.15) is 0 Å². The number of methoxy groups -OCH3 is 2. The van der Waals surface area contributed by atoms with Crippen LogP contribution in [0.3, 0.4) is 0 Å². The van der Waals surface area contributed by atoms with Gasteiger partial charge in [0.15, 0.2) is 0 Å². The van der Waals surface area contributed by atoms with E-state index < -0.39 is 0 Å². The summed E-state index contributed by atoms with van der Waals surface area (Å²) >= 11 is 5.80. The molecule has 128 valence electrons. The average molecular weight is 351 g/mol. The Morgan fingerprint density at radius 3 is 2.42 bits per heavy atom. The molecule has 2 aromatic carbocycles. The van der Waals surface area contributed by atoms with Gasteiger partial charge in [0.25, 0.3) is 0 Å². The Kier molecular flexibility index (Phi) is 6.57. The van der Waals surface area contributed by atoms with Gasteiger partial charge in [-0.3, -0.25) is 0 Å². The number of ether oxygens (including phenoxy) is 3. The lowest BCUT2D eigenvalue weighted by Gasteiger charge is -2.13. The minimum absolute atomic E-state index is 0.338. The smallest absolute Gasteiger partial charge is 0.319 e. The van der Waals surface area contributed by atoms with Crippen LogP contribution in [0, 0.1) is 0 Å². The lowest BCUT2D eigenvalue weighted by atomic mass is 10.2. The van der Waals surface area contributed by atoms with Crippen molar-refractivity contribution in [2.75, 3.05) is 32.7 Å². The molecule has 2 amide bonds. The lowest BCUT2D eigenvalue weighted by molar-refractivity contribution is 0.247. The Hall–Kier alpha value is -2.60. The van der Waals surface area contributed by atoms with Crippen LogP contribution in [-0.2, 0) is 0 Å². The summed E-state index contributed by atoms with van der Waals surface area (Å²) in [5.41, 5.74) is 0.521. The van der Waals surface area contributed by atoms with E-state index in [1.54, 1.807) is 49.6 Å². The summed E-state index contributed by atoms with van der Waals surface area (Å²) in [4.78, 5) is 11.9. The second-order valence-corrected chi connectivity index (χ2v) is 5.19. The summed E-state index contributed by atoms with van der Waals surface area (Å²) < 4.78 is 15.8. The Bertz CT molecular complexity index is 677. The summed E-state index contributed by atoms with van der Waals surface area (Å²) in [6, 6.07) is 11.8. The number of rotatable bonds is 7. The van der Waals surface area contributed by atoms with Gasteiger partial charge in [0.2, 0.25) is 0 Å². The van der Waals surface area contributed by atoms with E-state index in [1.807, 2.05) is 0 Å². The standard InChI is InChI=1S/C17H19ClN2O4/c1-22-14-7-8-16(23-2)15(11-14)20-17(21)19-9-10-24-13-5-3-12(18)4-6-13/h3-8,11H,9-10H2,1-2H3,(H2,19,20,21). The van der Waals surface area contributed by atoms with Crippen LogP contribution in [0.25, 0.3) is 0 Å². The highest BCUT2D eigenvalue weighted by molar-refractivity contribution is 6.30. The predicted octanol–water partition coefficient (Wildman–Crippen LogP) is 3.56. The Balaban J connectivity index is 1.80. The number of carbonyl (C=O) groups is 1. The Morgan fingerprint density at radius 2 is 1.75 bits per heavy atom. The third-order valence-electron chi connectivity index (χ3n) is 3.12. The van der Waals surface area contributed by atoms with Crippen molar-refractivity contribution in [1.82, 2.24) is 5.32 Å². The topological polar surface area (TPSA) is 68.8 Å². The molecule has 7 heteroatoms. The SMILES string of the molecule is COc1ccc(OC)c(NC(=O)NCCOc2ccc(Cl)cc2)c1. The second-order valence-electron chi connectivity index (χ2n) is 4.75. The van der Waals surface area contributed by atoms with Crippen molar-refractivity contribution < 1.29 is 19.0 Å². The third kappa shape index (κ3) is 5.24. The summed E-state index contributed by atoms with van der Waals surface area (Å²) in [6.07, 6.45) is 0. The molecule has 2 aromatic rings. The van der Waals surface area contributed by atoms with Crippen LogP contribution in [0.2, 0.25) is 5.02 Å². The molecule has 0 saturated heterocycles. The minimum Gasteiger partial charge on any atom is -0.497 e. The molecule has 0 aromatic heterocycles. The number of nitrogens with one attached hydrogen (secondary N) is 2. The summed E-state index contributed by atoms with van der Waals surface area (Å²) in [7, 11) is 3.09. The van der Waals surface area contributed by atoms with E-state index in [4.69, 9.17) is 25.8 Å². The fourth-order valence-electron chi connectivity index (χ4n) is 1.94. The Morgan fingerprint density at radius 1 is 1.04 bits per heavy atom. The van der Waals surface area contributed by atoms with Gasteiger partial charge in [0, 0.05) is 11.1 Å². The number of amides is 2. The lowest BCUT2D eigenvalue weighted by Crippen LogP contribution is -2.32. The number of urea groups is 1. The largest absolute Gasteiger partial charge is 0.497 e. The molecule has 0 spiro atoms. The van der Waals surface area contributed by atoms with E-state index in [-0.39, 0.29) is 6.03 Å². The van der Waals surface area contributed by atoms with Gasteiger partial charge in [0.05, 0.1) is 26.5 Å². The first-order valence-corrected chi connectivity index (χ1v) is 7.65. The number of hydrogen-bond acceptors (Lipinski definition) is 4. The molecule has 24 heavy (non-hydrogen) atoms. The van der Waals surface area contributed by atoms with Gasteiger partial charge >= 0.3 is 6.03 Å². The van der Waals surface area contributed by atoms with Gasteiger partial charge in [-0.15, -0.1) is 0 Å². The predicted molar refractivity (Wildman–Crippen MR) is 93.5 cm³/mol. The van der Waals surface area contributed by atoms with Crippen LogP contribution in [0.15, 0.2) is 42.5 Å². The van der Waals surface area contributed by atoms with E-state index in [0.717, 1.165) is 0 Å². The number of benzene rings is 2. The zero-order chi connectivity index (χ0) is 17.4. The molecule has 0 aliphatic carbocycles. The fraction of sp³-hybridized carbons (Fsp3) is 0.235. The molecule has 0 radical (unpaired) electrons. The maximum absolute atomic E-state index is 11.9. The number of hydrogen-bond donors (Lipinski definition) is 2. The van der Waals surface area contributed by atoms with E-state index in [1.165, 1.54) is 7.11 Å². The first kappa shape index (κ1) is 17.7. The number of anilines is 1. The van der Waals surface area contributed by atoms with Gasteiger partial charge in [-0.1, -0.05) is 11.6 Å². The molecule has 0 aliphatic rings. The summed E-state index contributed by atoms with van der Waals surface area (Å²) in [5, 5.41) is 6.06. The zero-order valence-corrected chi connectivity index (χ0v) is 14.2. The van der Waals surface area contributed by atoms with Crippen molar-refractivity contribution in [3.63, 3.8) is 0 Å². The van der Waals surface area contributed by atoms with Gasteiger partial charge < -0.3 is 24.8 Å². The van der Waals surface area contributed by atoms with Crippen molar-refractivity contribution in [2.24, 2.45) is 0 Å². The highest BCUT2D eigenvalue weighted by Crippen LogP contribution is 2.28. The van der Waals surface area contributed by atoms with Crippen molar-refractivity contribution >= 4 is 23.3 Å². The molecular formula is C17H19ClN2O4. The van der Waals surface area contributed by atoms with E-state index in [2.05, 4.69) is 10.6 Å². The first-order valence-electron chi connectivity index (χ1n) is 7.27. The molecule has 0 aliphatic heterocycles. The molecule has 0 bridgehead atoms. The van der Waals surface area contributed by atoms with Gasteiger partial charge in [-0.05, 0) is 36.4 Å². The van der Waals surface area contributed by atoms with Crippen LogP contribution in [-0.4, -0.2) is 33.4 Å². The highest BCUT2D eigenvalue weighted by Gasteiger charge is 2.08. The van der Waals surface area contributed by atoms with Crippen LogP contribution >= 0.6 is 11.6 Å². The molecular weight excluding hydrogens is 332 g/mol. The molecule has 0 heterocycles. The minimum atomic E-state index is -0.360. The quantitative estimate of drug-likeness (QED) is 0.749. The summed E-state index contributed by atoms with van der Waals surface area (Å²) in [5.74, 6) is 1.86. The van der Waals surface area contributed by atoms with Crippen LogP contribution in [0.5, 0.6) is 17.2 Å². The fourth-order valence-corrected chi connectivity index (χ4v) is 2.07. The molecule has 0 atom stereocenters. The average Bonchev–Trinajstić information content (AvgIpc) is 2.60. The molecule has 2 rings (SSSR count).